The molecule has 1 unspecified atom stereocenters. The number of carbonyl (C=O) groups excluding carboxylic acids is 2. The van der Waals surface area contributed by atoms with Crippen LogP contribution in [-0.2, 0) is 29.7 Å². The lowest BCUT2D eigenvalue weighted by Gasteiger charge is -2.37. The minimum absolute atomic E-state index is 0.140. The van der Waals surface area contributed by atoms with Crippen LogP contribution in [0.3, 0.4) is 0 Å². The molecule has 6 heterocycles. The number of piperidine rings is 2. The number of nitrogens with zero attached hydrogens (tertiary/aromatic N) is 8. The maximum Gasteiger partial charge on any atom is 0.329 e. The zero-order chi connectivity index (χ0) is 40.2. The molecule has 5 N–H and O–H groups in total. The molecule has 2 aromatic carbocycles. The lowest BCUT2D eigenvalue weighted by molar-refractivity contribution is -0.134. The third-order valence-corrected chi connectivity index (χ3v) is 11.8. The predicted octanol–water partition coefficient (Wildman–Crippen LogP) is 3.56. The van der Waals surface area contributed by atoms with Gasteiger partial charge in [-0.25, -0.2) is 9.78 Å². The summed E-state index contributed by atoms with van der Waals surface area (Å²) in [5.74, 6) is 0.277. The number of hydrogen-bond acceptors (Lipinski definition) is 12. The highest BCUT2D eigenvalue weighted by Gasteiger charge is 2.33. The number of aromatic nitrogens is 6. The van der Waals surface area contributed by atoms with Crippen molar-refractivity contribution < 1.29 is 19.8 Å². The molecule has 57 heavy (non-hydrogen) atoms. The quantitative estimate of drug-likeness (QED) is 0.116. The van der Waals surface area contributed by atoms with Gasteiger partial charge in [-0.3, -0.25) is 33.6 Å². The minimum atomic E-state index is -0.941. The van der Waals surface area contributed by atoms with Crippen molar-refractivity contribution in [2.75, 3.05) is 48.3 Å². The predicted molar refractivity (Wildman–Crippen MR) is 219 cm³/mol. The van der Waals surface area contributed by atoms with E-state index in [0.717, 1.165) is 47.1 Å². The van der Waals surface area contributed by atoms with Gasteiger partial charge in [0.1, 0.15) is 5.02 Å². The first-order valence-electron chi connectivity index (χ1n) is 19.7. The first kappa shape index (κ1) is 38.8. The van der Waals surface area contributed by atoms with E-state index in [1.165, 1.54) is 0 Å². The van der Waals surface area contributed by atoms with Crippen molar-refractivity contribution in [3.8, 4) is 0 Å². The van der Waals surface area contributed by atoms with Crippen LogP contribution >= 0.6 is 11.6 Å². The van der Waals surface area contributed by atoms with Crippen LogP contribution in [0.2, 0.25) is 5.02 Å². The Morgan fingerprint density at radius 1 is 0.965 bits per heavy atom. The number of anilines is 4. The van der Waals surface area contributed by atoms with Crippen LogP contribution in [0.5, 0.6) is 0 Å². The van der Waals surface area contributed by atoms with Crippen LogP contribution in [-0.4, -0.2) is 106 Å². The zero-order valence-corrected chi connectivity index (χ0v) is 33.5. The van der Waals surface area contributed by atoms with Gasteiger partial charge in [0.2, 0.25) is 17.8 Å². The fourth-order valence-electron chi connectivity index (χ4n) is 8.26. The molecule has 8 rings (SSSR count). The molecule has 17 heteroatoms. The summed E-state index contributed by atoms with van der Waals surface area (Å²) in [6.45, 7) is 9.82. The maximum atomic E-state index is 13.7. The number of aryl methyl sites for hydroxylation is 2. The van der Waals surface area contributed by atoms with E-state index in [9.17, 15) is 24.6 Å². The monoisotopic (exact) mass is 799 g/mol. The standard InChI is InChI=1S/C40H50ClN11O5/c1-23-20-50(13-11-30(23)43-24-5-7-27-32(17-24)48(4)47-35(27)28-8-10-34(54)45-37(28)55)38-42-19-29(41)36(46-38)44-25-6-9-31-33(18-25)51(14-12-40(2,3)57)39(56)52(31)16-15-49-21-26(53)22-49/h5-7,9,17-19,23,26,28,30,43,53,57H,8,10-16,20-22H2,1-4H3,(H,42,44,46)(H,45,54,55)/t23-,28?,30-/m1/s1. The molecule has 0 saturated carbocycles. The highest BCUT2D eigenvalue weighted by atomic mass is 35.5. The van der Waals surface area contributed by atoms with E-state index < -0.39 is 11.5 Å². The smallest absolute Gasteiger partial charge is 0.329 e. The number of amides is 2. The van der Waals surface area contributed by atoms with Crippen LogP contribution in [0.4, 0.5) is 23.1 Å². The van der Waals surface area contributed by atoms with Crippen molar-refractivity contribution >= 4 is 68.5 Å². The topological polar surface area (TPSA) is 188 Å². The molecule has 302 valence electrons. The zero-order valence-electron chi connectivity index (χ0n) is 32.7. The Kier molecular flexibility index (Phi) is 10.5. The molecule has 3 aromatic heterocycles. The summed E-state index contributed by atoms with van der Waals surface area (Å²) in [5, 5.41) is 35.7. The van der Waals surface area contributed by atoms with Gasteiger partial charge in [0, 0.05) is 82.1 Å². The molecule has 0 radical (unpaired) electrons. The van der Waals surface area contributed by atoms with Crippen LogP contribution < -0.4 is 26.5 Å². The van der Waals surface area contributed by atoms with Gasteiger partial charge in [0.15, 0.2) is 5.82 Å². The molecule has 3 aliphatic rings. The molecular weight excluding hydrogens is 750 g/mol. The molecule has 2 amide bonds. The van der Waals surface area contributed by atoms with E-state index in [-0.39, 0.29) is 35.6 Å². The Balaban J connectivity index is 0.956. The highest BCUT2D eigenvalue weighted by molar-refractivity contribution is 6.33. The van der Waals surface area contributed by atoms with Gasteiger partial charge in [-0.2, -0.15) is 10.1 Å². The molecule has 3 atom stereocenters. The van der Waals surface area contributed by atoms with Gasteiger partial charge in [-0.15, -0.1) is 0 Å². The van der Waals surface area contributed by atoms with Crippen molar-refractivity contribution in [2.24, 2.45) is 13.0 Å². The van der Waals surface area contributed by atoms with E-state index in [0.29, 0.717) is 80.2 Å². The SMILES string of the molecule is C[C@@H]1CN(c2ncc(Cl)c(Nc3ccc4c(c3)n(CCC(C)(C)O)c(=O)n4CCN3CC(O)C3)n2)CC[C@H]1Nc1ccc2c(C3CCC(=O)NC3=O)nn(C)c2c1. The van der Waals surface area contributed by atoms with Crippen molar-refractivity contribution in [3.05, 3.63) is 63.8 Å². The number of imide groups is 1. The summed E-state index contributed by atoms with van der Waals surface area (Å²) in [6.07, 6.45) is 3.30. The Bertz CT molecular complexity index is 2390. The number of benzene rings is 2. The number of aliphatic hydroxyl groups excluding tert-OH is 1. The van der Waals surface area contributed by atoms with Crippen LogP contribution in [0.25, 0.3) is 21.9 Å². The number of halogens is 1. The molecule has 0 spiro atoms. The van der Waals surface area contributed by atoms with Crippen molar-refractivity contribution in [1.29, 1.82) is 0 Å². The third kappa shape index (κ3) is 8.08. The van der Waals surface area contributed by atoms with Crippen molar-refractivity contribution in [1.82, 2.24) is 39.1 Å². The summed E-state index contributed by atoms with van der Waals surface area (Å²) in [6, 6.07) is 12.0. The van der Waals surface area contributed by atoms with Gasteiger partial charge in [-0.1, -0.05) is 18.5 Å². The molecule has 5 aromatic rings. The van der Waals surface area contributed by atoms with Gasteiger partial charge in [0.25, 0.3) is 0 Å². The second kappa shape index (κ2) is 15.4. The van der Waals surface area contributed by atoms with E-state index in [2.05, 4.69) is 48.8 Å². The number of aliphatic hydroxyl groups is 2. The number of imidazole rings is 1. The molecule has 3 aliphatic heterocycles. The molecule has 0 aliphatic carbocycles. The van der Waals surface area contributed by atoms with Gasteiger partial charge < -0.3 is 25.7 Å². The minimum Gasteiger partial charge on any atom is -0.390 e. The normalized spacial score (nSPS) is 21.0. The number of hydrogen-bond donors (Lipinski definition) is 5. The Morgan fingerprint density at radius 2 is 1.72 bits per heavy atom. The Morgan fingerprint density at radius 3 is 2.46 bits per heavy atom. The Labute approximate surface area is 334 Å². The van der Waals surface area contributed by atoms with Crippen molar-refractivity contribution in [3.63, 3.8) is 0 Å². The van der Waals surface area contributed by atoms with Crippen LogP contribution in [0.1, 0.15) is 58.1 Å². The summed E-state index contributed by atoms with van der Waals surface area (Å²) in [5.41, 5.74) is 3.73. The lowest BCUT2D eigenvalue weighted by atomic mass is 9.92. The Hall–Kier alpha value is -5.03. The summed E-state index contributed by atoms with van der Waals surface area (Å²) < 4.78 is 5.27. The first-order chi connectivity index (χ1) is 27.2. The average Bonchev–Trinajstić information content (AvgIpc) is 3.61. The van der Waals surface area contributed by atoms with E-state index >= 15 is 0 Å². The molecular formula is C40H50ClN11O5. The number of fused-ring (bicyclic) bond motifs is 2. The summed E-state index contributed by atoms with van der Waals surface area (Å²) in [7, 11) is 1.87. The second-order valence-corrected chi connectivity index (χ2v) is 16.9. The van der Waals surface area contributed by atoms with E-state index in [1.807, 2.05) is 37.4 Å². The van der Waals surface area contributed by atoms with Crippen LogP contribution in [0, 0.1) is 5.92 Å². The number of nitrogens with one attached hydrogen (secondary N) is 3. The largest absolute Gasteiger partial charge is 0.390 e. The fraction of sp³-hybridized carbons (Fsp3) is 0.500. The lowest BCUT2D eigenvalue weighted by Crippen LogP contribution is -2.51. The van der Waals surface area contributed by atoms with E-state index in [4.69, 9.17) is 16.6 Å². The third-order valence-electron chi connectivity index (χ3n) is 11.5. The van der Waals surface area contributed by atoms with Gasteiger partial charge in [-0.05, 0) is 75.4 Å². The number of β-amino-alcohol motifs (C(OH)–C–C–N with tert-alkyl or cyclic N) is 1. The highest BCUT2D eigenvalue weighted by Crippen LogP contribution is 2.33. The molecule has 16 nitrogen and oxygen atoms in total. The fourth-order valence-corrected chi connectivity index (χ4v) is 8.40. The number of carbonyl (C=O) groups is 2. The van der Waals surface area contributed by atoms with Crippen molar-refractivity contribution in [2.45, 2.75) is 83.2 Å². The molecule has 3 fully saturated rings. The molecule has 0 bridgehead atoms. The average molecular weight is 800 g/mol. The van der Waals surface area contributed by atoms with E-state index in [1.54, 1.807) is 33.9 Å². The second-order valence-electron chi connectivity index (χ2n) is 16.5. The summed E-state index contributed by atoms with van der Waals surface area (Å²) in [4.78, 5) is 51.7. The first-order valence-corrected chi connectivity index (χ1v) is 20.1. The van der Waals surface area contributed by atoms with Crippen LogP contribution in [0.15, 0.2) is 47.4 Å². The number of rotatable bonds is 12. The van der Waals surface area contributed by atoms with Gasteiger partial charge >= 0.3 is 5.69 Å². The van der Waals surface area contributed by atoms with Gasteiger partial charge in [0.05, 0.1) is 46.1 Å². The molecule has 3 saturated heterocycles. The summed E-state index contributed by atoms with van der Waals surface area (Å²) >= 11 is 6.65. The number of likely N-dealkylation sites (tertiary alicyclic amines) is 1. The maximum absolute atomic E-state index is 13.7.